The Hall–Kier alpha value is 0.270. The molecule has 3 heteroatoms. The summed E-state index contributed by atoms with van der Waals surface area (Å²) < 4.78 is 0. The molecule has 0 bridgehead atoms. The summed E-state index contributed by atoms with van der Waals surface area (Å²) in [4.78, 5) is 5.59. The Bertz CT molecular complexity index is 259. The van der Waals surface area contributed by atoms with Crippen molar-refractivity contribution in [3.8, 4) is 0 Å². The average molecular weight is 254 g/mol. The van der Waals surface area contributed by atoms with Crippen molar-refractivity contribution < 1.29 is 0 Å². The molecule has 3 fully saturated rings. The molecular weight excluding hydrogens is 228 g/mol. The fourth-order valence-corrected chi connectivity index (χ4v) is 4.82. The molecule has 1 aliphatic carbocycles. The molecular formula is C14H26N2S. The van der Waals surface area contributed by atoms with Crippen LogP contribution in [0.15, 0.2) is 0 Å². The van der Waals surface area contributed by atoms with Gasteiger partial charge in [-0.3, -0.25) is 9.80 Å². The van der Waals surface area contributed by atoms with Gasteiger partial charge in [-0.15, -0.1) is 0 Å². The average Bonchev–Trinajstić information content (AvgIpc) is 2.94. The van der Waals surface area contributed by atoms with E-state index in [0.29, 0.717) is 0 Å². The highest BCUT2D eigenvalue weighted by Gasteiger charge is 2.34. The number of nitrogens with zero attached hydrogens (tertiary/aromatic N) is 2. The summed E-state index contributed by atoms with van der Waals surface area (Å²) in [5.41, 5.74) is 0. The lowest BCUT2D eigenvalue weighted by Gasteiger charge is -2.30. The smallest absolute Gasteiger partial charge is 0.0223 e. The number of fused-ring (bicyclic) bond motifs is 1. The van der Waals surface area contributed by atoms with E-state index in [1.165, 1.54) is 64.7 Å². The zero-order chi connectivity index (χ0) is 11.7. The summed E-state index contributed by atoms with van der Waals surface area (Å²) in [5.74, 6) is 0. The molecule has 0 aromatic carbocycles. The summed E-state index contributed by atoms with van der Waals surface area (Å²) >= 11 is 2.09. The van der Waals surface area contributed by atoms with E-state index in [9.17, 15) is 0 Å². The molecule has 0 amide bonds. The van der Waals surface area contributed by atoms with Crippen LogP contribution < -0.4 is 0 Å². The zero-order valence-corrected chi connectivity index (χ0v) is 11.9. The van der Waals surface area contributed by atoms with Crippen molar-refractivity contribution in [3.05, 3.63) is 0 Å². The van der Waals surface area contributed by atoms with Crippen molar-refractivity contribution in [3.63, 3.8) is 0 Å². The third kappa shape index (κ3) is 2.66. The Kier molecular flexibility index (Phi) is 3.98. The quantitative estimate of drug-likeness (QED) is 0.747. The largest absolute Gasteiger partial charge is 0.299 e. The van der Waals surface area contributed by atoms with Gasteiger partial charge >= 0.3 is 0 Å². The summed E-state index contributed by atoms with van der Waals surface area (Å²) in [6, 6.07) is 1.80. The first-order valence-corrected chi connectivity index (χ1v) is 8.66. The molecule has 0 radical (unpaired) electrons. The van der Waals surface area contributed by atoms with E-state index in [0.717, 1.165) is 17.3 Å². The number of hydrogen-bond donors (Lipinski definition) is 0. The summed E-state index contributed by atoms with van der Waals surface area (Å²) in [7, 11) is 0. The van der Waals surface area contributed by atoms with Crippen LogP contribution in [-0.2, 0) is 0 Å². The van der Waals surface area contributed by atoms with Crippen molar-refractivity contribution in [2.75, 3.05) is 32.4 Å². The van der Waals surface area contributed by atoms with Gasteiger partial charge in [-0.25, -0.2) is 0 Å². The second-order valence-corrected chi connectivity index (χ2v) is 7.14. The normalized spacial score (nSPS) is 40.4. The molecule has 0 aromatic heterocycles. The minimum atomic E-state index is 0.894. The van der Waals surface area contributed by atoms with Gasteiger partial charge in [-0.05, 0) is 64.4 Å². The van der Waals surface area contributed by atoms with Gasteiger partial charge in [0.05, 0.1) is 0 Å². The Morgan fingerprint density at radius 2 is 1.71 bits per heavy atom. The molecule has 0 aromatic rings. The third-order valence-electron chi connectivity index (χ3n) is 5.04. The lowest BCUT2D eigenvalue weighted by Crippen LogP contribution is -2.41. The van der Waals surface area contributed by atoms with Crippen LogP contribution in [0.1, 0.15) is 38.5 Å². The molecule has 3 atom stereocenters. The standard InChI is InChI=1S/C14H26N2S/c1-17-14-6-5-12(10-14)16-9-3-8-15-7-2-4-13(15)11-16/h12-14H,2-11H2,1H3. The second kappa shape index (κ2) is 5.50. The van der Waals surface area contributed by atoms with E-state index in [4.69, 9.17) is 0 Å². The van der Waals surface area contributed by atoms with E-state index < -0.39 is 0 Å². The molecule has 98 valence electrons. The van der Waals surface area contributed by atoms with E-state index in [1.54, 1.807) is 0 Å². The van der Waals surface area contributed by atoms with Gasteiger partial charge < -0.3 is 0 Å². The Labute approximate surface area is 110 Å². The molecule has 2 nitrogen and oxygen atoms in total. The Morgan fingerprint density at radius 1 is 0.882 bits per heavy atom. The molecule has 0 N–H and O–H groups in total. The van der Waals surface area contributed by atoms with E-state index in [-0.39, 0.29) is 0 Å². The molecule has 3 rings (SSSR count). The van der Waals surface area contributed by atoms with E-state index in [1.807, 2.05) is 0 Å². The van der Waals surface area contributed by atoms with Crippen LogP contribution in [0.5, 0.6) is 0 Å². The van der Waals surface area contributed by atoms with Gasteiger partial charge in [-0.2, -0.15) is 11.8 Å². The molecule has 3 unspecified atom stereocenters. The molecule has 1 saturated carbocycles. The highest BCUT2D eigenvalue weighted by atomic mass is 32.2. The first kappa shape index (κ1) is 12.3. The molecule has 17 heavy (non-hydrogen) atoms. The first-order chi connectivity index (χ1) is 8.36. The zero-order valence-electron chi connectivity index (χ0n) is 11.1. The van der Waals surface area contributed by atoms with Crippen molar-refractivity contribution in [1.82, 2.24) is 9.80 Å². The fraction of sp³-hybridized carbons (Fsp3) is 1.00. The highest BCUT2D eigenvalue weighted by Crippen LogP contribution is 2.33. The number of rotatable bonds is 2. The van der Waals surface area contributed by atoms with Crippen LogP contribution in [0.25, 0.3) is 0 Å². The number of thioether (sulfide) groups is 1. The van der Waals surface area contributed by atoms with Gasteiger partial charge in [0.2, 0.25) is 0 Å². The van der Waals surface area contributed by atoms with Crippen LogP contribution in [0, 0.1) is 0 Å². The SMILES string of the molecule is CSC1CCC(N2CCCN3CCCC3C2)C1. The van der Waals surface area contributed by atoms with Crippen LogP contribution in [0.3, 0.4) is 0 Å². The van der Waals surface area contributed by atoms with Gasteiger partial charge in [0.1, 0.15) is 0 Å². The summed E-state index contributed by atoms with van der Waals surface area (Å²) in [6.45, 7) is 5.46. The fourth-order valence-electron chi connectivity index (χ4n) is 4.03. The molecule has 2 heterocycles. The predicted octanol–water partition coefficient (Wildman–Crippen LogP) is 2.44. The van der Waals surface area contributed by atoms with Crippen molar-refractivity contribution in [1.29, 1.82) is 0 Å². The Balaban J connectivity index is 1.59. The molecule has 0 spiro atoms. The lowest BCUT2D eigenvalue weighted by atomic mass is 10.1. The lowest BCUT2D eigenvalue weighted by molar-refractivity contribution is 0.174. The van der Waals surface area contributed by atoms with E-state index in [2.05, 4.69) is 27.8 Å². The molecule has 3 aliphatic rings. The van der Waals surface area contributed by atoms with Crippen LogP contribution in [-0.4, -0.2) is 59.6 Å². The highest BCUT2D eigenvalue weighted by molar-refractivity contribution is 7.99. The maximum atomic E-state index is 2.84. The maximum Gasteiger partial charge on any atom is 0.0223 e. The first-order valence-electron chi connectivity index (χ1n) is 7.37. The second-order valence-electron chi connectivity index (χ2n) is 6.01. The van der Waals surface area contributed by atoms with Gasteiger partial charge in [0.25, 0.3) is 0 Å². The van der Waals surface area contributed by atoms with Gasteiger partial charge in [0, 0.05) is 23.9 Å². The van der Waals surface area contributed by atoms with Crippen molar-refractivity contribution >= 4 is 11.8 Å². The number of hydrogen-bond acceptors (Lipinski definition) is 3. The summed E-state index contributed by atoms with van der Waals surface area (Å²) in [6.07, 6.45) is 10.9. The Morgan fingerprint density at radius 3 is 2.53 bits per heavy atom. The monoisotopic (exact) mass is 254 g/mol. The molecule has 2 aliphatic heterocycles. The van der Waals surface area contributed by atoms with Gasteiger partial charge in [0.15, 0.2) is 0 Å². The van der Waals surface area contributed by atoms with Crippen molar-refractivity contribution in [2.45, 2.75) is 55.9 Å². The van der Waals surface area contributed by atoms with Crippen LogP contribution >= 0.6 is 11.8 Å². The summed E-state index contributed by atoms with van der Waals surface area (Å²) in [5, 5.41) is 0.947. The predicted molar refractivity (Wildman–Crippen MR) is 75.7 cm³/mol. The minimum absolute atomic E-state index is 0.894. The van der Waals surface area contributed by atoms with Crippen LogP contribution in [0.4, 0.5) is 0 Å². The maximum absolute atomic E-state index is 2.84. The van der Waals surface area contributed by atoms with Gasteiger partial charge in [-0.1, -0.05) is 0 Å². The van der Waals surface area contributed by atoms with Crippen molar-refractivity contribution in [2.24, 2.45) is 0 Å². The molecule has 2 saturated heterocycles. The topological polar surface area (TPSA) is 6.48 Å². The van der Waals surface area contributed by atoms with E-state index >= 15 is 0 Å². The third-order valence-corrected chi connectivity index (χ3v) is 6.14. The van der Waals surface area contributed by atoms with Crippen LogP contribution in [0.2, 0.25) is 0 Å². The minimum Gasteiger partial charge on any atom is -0.299 e.